The molecule has 8 rings (SSSR count). The minimum Gasteiger partial charge on any atom is -0.508 e. The van der Waals surface area contributed by atoms with Crippen molar-refractivity contribution in [1.29, 1.82) is 0 Å². The van der Waals surface area contributed by atoms with E-state index in [4.69, 9.17) is 11.5 Å². The van der Waals surface area contributed by atoms with Crippen LogP contribution in [0.25, 0.3) is 21.8 Å². The van der Waals surface area contributed by atoms with Crippen LogP contribution in [0.5, 0.6) is 5.75 Å². The summed E-state index contributed by atoms with van der Waals surface area (Å²) in [6.07, 6.45) is 7.59. The number of aliphatic carboxylic acids is 2. The number of hydrogen-bond donors (Lipinski definition) is 19. The van der Waals surface area contributed by atoms with E-state index in [1.165, 1.54) is 85.4 Å². The number of H-pyrrole nitrogens is 2. The first-order chi connectivity index (χ1) is 66.8. The molecule has 0 radical (unpaired) electrons. The molecule has 6 aromatic rings. The zero-order chi connectivity index (χ0) is 103. The lowest BCUT2D eigenvalue weighted by Crippen LogP contribution is -2.61. The summed E-state index contributed by atoms with van der Waals surface area (Å²) in [7, 11) is 7.19. The van der Waals surface area contributed by atoms with E-state index in [0.29, 0.717) is 91.9 Å². The number of fused-ring (bicyclic) bond motifs is 2. The molecule has 0 bridgehead atoms. The van der Waals surface area contributed by atoms with Gasteiger partial charge in [0, 0.05) is 112 Å². The van der Waals surface area contributed by atoms with Gasteiger partial charge in [0.25, 0.3) is 0 Å². The summed E-state index contributed by atoms with van der Waals surface area (Å²) in [6.45, 7) is 3.37. The number of phenolic OH excluding ortho intramolecular Hbond substituents is 1. The lowest BCUT2D eigenvalue weighted by atomic mass is 10.00. The number of aromatic amines is 2. The number of thioether (sulfide) groups is 1. The predicted molar refractivity (Wildman–Crippen MR) is 515 cm³/mol. The van der Waals surface area contributed by atoms with Gasteiger partial charge >= 0.3 is 11.9 Å². The molecule has 14 atom stereocenters. The second kappa shape index (κ2) is 55.1. The molecule has 0 spiro atoms. The average molecular weight is 1970 g/mol. The summed E-state index contributed by atoms with van der Waals surface area (Å²) in [5.41, 5.74) is 14.4. The molecule has 5 heterocycles. The number of aliphatic hydroxyl groups excluding tert-OH is 1. The van der Waals surface area contributed by atoms with Crippen LogP contribution in [0.3, 0.4) is 0 Å². The molecule has 760 valence electrons. The molecule has 2 aliphatic heterocycles. The highest BCUT2D eigenvalue weighted by molar-refractivity contribution is 8.00. The maximum Gasteiger partial charge on any atom is 0.323 e. The number of aromatic nitrogens is 4. The van der Waals surface area contributed by atoms with Gasteiger partial charge in [0.1, 0.15) is 91.1 Å². The van der Waals surface area contributed by atoms with Crippen LogP contribution in [-0.4, -0.2) is 342 Å². The van der Waals surface area contributed by atoms with Crippen LogP contribution in [0, 0.1) is 0 Å². The van der Waals surface area contributed by atoms with Gasteiger partial charge < -0.3 is 134 Å². The number of aliphatic hydroxyl groups is 1. The summed E-state index contributed by atoms with van der Waals surface area (Å²) in [5, 5.41) is 71.5. The highest BCUT2D eigenvalue weighted by atomic mass is 32.2. The summed E-state index contributed by atoms with van der Waals surface area (Å²) in [4.78, 5) is 282. The highest BCUT2D eigenvalue weighted by Crippen LogP contribution is 2.28. The van der Waals surface area contributed by atoms with E-state index in [-0.39, 0.29) is 83.0 Å². The number of nitrogens with zero attached hydrogens (tertiary/aromatic N) is 7. The van der Waals surface area contributed by atoms with Gasteiger partial charge in [0.2, 0.25) is 94.5 Å². The second-order valence-corrected chi connectivity index (χ2v) is 36.0. The fourth-order valence-corrected chi connectivity index (χ4v) is 17.8. The quantitative estimate of drug-likeness (QED) is 0.0102. The molecule has 0 aliphatic carbocycles. The maximum absolute atomic E-state index is 15.6. The smallest absolute Gasteiger partial charge is 0.323 e. The molecule has 2 saturated heterocycles. The summed E-state index contributed by atoms with van der Waals surface area (Å²) < 4.78 is 1.46. The number of carboxylic acid groups (broad SMARTS) is 2. The molecule has 16 amide bonds. The van der Waals surface area contributed by atoms with E-state index in [0.717, 1.165) is 42.9 Å². The number of carboxylic acids is 2. The summed E-state index contributed by atoms with van der Waals surface area (Å²) in [6, 6.07) is 0.0204. The third kappa shape index (κ3) is 32.1. The normalized spacial score (nSPS) is 16.0. The Hall–Kier alpha value is -13.8. The molecule has 0 unspecified atom stereocenters. The number of benzene rings is 3. The minimum atomic E-state index is -1.77. The number of primary amides is 2. The fourth-order valence-electron chi connectivity index (χ4n) is 17.0. The molecule has 47 heteroatoms. The number of unbranched alkanes of at least 4 members (excludes halogenated alkanes) is 3. The van der Waals surface area contributed by atoms with Crippen molar-refractivity contribution >= 4 is 154 Å². The van der Waals surface area contributed by atoms with E-state index in [1.807, 2.05) is 38.1 Å². The Morgan fingerprint density at radius 3 is 1.82 bits per heavy atom. The Kier molecular flexibility index (Phi) is 43.9. The topological polar surface area (TPSA) is 655 Å². The van der Waals surface area contributed by atoms with Gasteiger partial charge in [-0.15, -0.1) is 11.8 Å². The van der Waals surface area contributed by atoms with E-state index in [2.05, 4.69) is 73.3 Å². The number of aromatic hydroxyl groups is 1. The van der Waals surface area contributed by atoms with Crippen LogP contribution in [0.1, 0.15) is 146 Å². The molecular formula is C93H131BN22O23S. The van der Waals surface area contributed by atoms with Crippen LogP contribution in [-0.2, 0) is 123 Å². The van der Waals surface area contributed by atoms with Crippen LogP contribution < -0.4 is 69.9 Å². The number of phenols is 1. The average Bonchev–Trinajstić information content (AvgIpc) is 1.64. The van der Waals surface area contributed by atoms with Crippen molar-refractivity contribution < 1.29 is 112 Å². The largest absolute Gasteiger partial charge is 0.508 e. The lowest BCUT2D eigenvalue weighted by molar-refractivity contribution is -0.149. The van der Waals surface area contributed by atoms with Crippen molar-refractivity contribution in [2.45, 2.75) is 240 Å². The fraction of sp³-hybridized carbons (Fsp3) is 0.527. The SMILES string of the molecule is BNCCCC[C@H](NC(=O)[C@H](CCCC)N(C)C(=O)[C@H](CCCC)N(C)C(=O)[C@H](Cc1cn(CC(=O)O)c2ccccc12)NC(=O)[C@H](CO)NC(=O)[C@H](Cc1c[nH]c2ccccc12)NC)C(=O)N[C@@H](CSCC(=O)N[C@@H](Cc1ccc(O)cc1)C(=O)N(C)[C@@H](C)C(=O)N[C@@H](CC(N)=O)C(=O)N1CCC[C@H]1C(=O)N[C@@H](Cc1cnc[nH]1)C(=O)N[C@@H](CCC(=O)O)C(=O)N1CCC[C@H]1C=O)C(=O)NCC(N)=O. The van der Waals surface area contributed by atoms with Crippen molar-refractivity contribution in [3.05, 3.63) is 120 Å². The predicted octanol–water partition coefficient (Wildman–Crippen LogP) is -3.19. The molecule has 45 nitrogen and oxygen atoms in total. The van der Waals surface area contributed by atoms with Gasteiger partial charge in [-0.25, -0.2) is 4.98 Å². The van der Waals surface area contributed by atoms with Gasteiger partial charge in [-0.05, 0) is 132 Å². The first kappa shape index (κ1) is 111. The number of likely N-dealkylation sites (N-methyl/N-ethyl adjacent to an activating group) is 4. The Balaban J connectivity index is 0.971. The molecule has 0 saturated carbocycles. The maximum atomic E-state index is 15.6. The number of carbonyl (C=O) groups is 19. The summed E-state index contributed by atoms with van der Waals surface area (Å²) in [5.74, 6) is -17.8. The zero-order valence-electron chi connectivity index (χ0n) is 79.9. The molecule has 2 fully saturated rings. The van der Waals surface area contributed by atoms with E-state index < -0.39 is 235 Å². The van der Waals surface area contributed by atoms with Crippen molar-refractivity contribution in [3.63, 3.8) is 0 Å². The van der Waals surface area contributed by atoms with E-state index in [9.17, 15) is 97.1 Å². The number of carbonyl (C=O) groups excluding carboxylic acids is 17. The first-order valence-electron chi connectivity index (χ1n) is 46.8. The molecule has 3 aromatic heterocycles. The number of aldehydes is 1. The number of imidazole rings is 1. The number of amides is 16. The zero-order valence-corrected chi connectivity index (χ0v) is 80.8. The van der Waals surface area contributed by atoms with Crippen LogP contribution >= 0.6 is 11.8 Å². The van der Waals surface area contributed by atoms with Crippen molar-refractivity contribution in [1.82, 2.24) is 102 Å². The van der Waals surface area contributed by atoms with Gasteiger partial charge in [-0.2, -0.15) is 0 Å². The van der Waals surface area contributed by atoms with Crippen molar-refractivity contribution in [3.8, 4) is 5.75 Å². The van der Waals surface area contributed by atoms with Gasteiger partial charge in [0.15, 0.2) is 7.98 Å². The number of hydrogen-bond acceptors (Lipinski definition) is 25. The Labute approximate surface area is 814 Å². The van der Waals surface area contributed by atoms with Gasteiger partial charge in [-0.3, -0.25) is 86.3 Å². The lowest BCUT2D eigenvalue weighted by Gasteiger charge is -2.36. The van der Waals surface area contributed by atoms with Crippen LogP contribution in [0.15, 0.2) is 97.7 Å². The molecular weight excluding hydrogens is 1840 g/mol. The van der Waals surface area contributed by atoms with E-state index in [1.54, 1.807) is 45.5 Å². The number of likely N-dealkylation sites (tertiary alicyclic amines) is 2. The molecule has 140 heavy (non-hydrogen) atoms. The number of rotatable bonds is 59. The van der Waals surface area contributed by atoms with Crippen molar-refractivity contribution in [2.24, 2.45) is 11.5 Å². The number of nitrogens with one attached hydrogen (secondary N) is 13. The Bertz CT molecular complexity index is 5330. The first-order valence-corrected chi connectivity index (χ1v) is 47.9. The molecule has 3 aromatic carbocycles. The Morgan fingerprint density at radius 2 is 1.17 bits per heavy atom. The monoisotopic (exact) mass is 1970 g/mol. The second-order valence-electron chi connectivity index (χ2n) is 35.0. The standard InChI is InChI=1S/C93H131BN22O23S/c1-8-10-25-73(112(6)93(139)75(26-11-9-2)113(7)90(136)68(40-56-46-114(47-80(125)126)72-27-15-13-22-61(56)72)108-86(132)70(49-118)109-84(130)65(97-4)39-55-43-99-62-23-14-12-21-60(55)62)87(133)104-63(24-16-17-35-102-94)83(129)110-71(82(128)100-45-77(96)121)50-140-51-78(122)103-67(38-54-29-31-59(119)32-30-54)89(135)111(5)53(3)81(127)107-69(42-76(95)120)92(138)116-37-19-28-74(116)88(134)106-66(41-57-44-98-52-101-57)85(131)105-64(33-34-79(123)124)91(137)115-36-18-20-58(115)48-117/h12-15,21-23,27,29-32,43-44,46,48,52-53,58,63-71,73-75,97,99,102,118-119H,8-11,16-20,24-26,28,33-42,45,47,49-51,94H2,1-7H3,(H2,95,120)(H2,96,121)(H,98,101)(H,100,128)(H,103,122)(H,104,133)(H,105,131)(H,106,134)(H,107,127)(H,108,132)(H,109,130)(H,110,129)(H,123,124)(H,125,126)/t53-,58-,63-,64-,65-,66-,67-,68-,69-,70-,71-,73-,74-,75-/m0/s1. The minimum absolute atomic E-state index is 0.00403. The highest BCUT2D eigenvalue weighted by Gasteiger charge is 2.45. The van der Waals surface area contributed by atoms with Crippen LogP contribution in [0.2, 0.25) is 0 Å². The third-order valence-corrected chi connectivity index (χ3v) is 25.9. The van der Waals surface area contributed by atoms with Crippen molar-refractivity contribution in [2.75, 3.05) is 72.5 Å². The number of nitrogens with two attached hydrogens (primary N) is 2. The van der Waals surface area contributed by atoms with Gasteiger partial charge in [-0.1, -0.05) is 88.1 Å². The number of para-hydroxylation sites is 2. The molecule has 2 aliphatic rings. The summed E-state index contributed by atoms with van der Waals surface area (Å²) >= 11 is 0.773. The molecule has 21 N–H and O–H groups in total. The van der Waals surface area contributed by atoms with E-state index >= 15 is 14.4 Å². The Morgan fingerprint density at radius 1 is 0.579 bits per heavy atom. The third-order valence-electron chi connectivity index (χ3n) is 24.9. The van der Waals surface area contributed by atoms with Crippen LogP contribution in [0.4, 0.5) is 0 Å². The van der Waals surface area contributed by atoms with Gasteiger partial charge in [0.05, 0.1) is 43.7 Å².